The van der Waals surface area contributed by atoms with Crippen molar-refractivity contribution >= 4 is 15.1 Å². The second kappa shape index (κ2) is 3.18. The van der Waals surface area contributed by atoms with Gasteiger partial charge < -0.3 is 5.73 Å². The average molecular weight is 199 g/mol. The smallest absolute Gasteiger partial charge is 0.338 e. The van der Waals surface area contributed by atoms with E-state index >= 15 is 0 Å². The Hall–Kier alpha value is -1.36. The van der Waals surface area contributed by atoms with E-state index in [9.17, 15) is 13.2 Å². The quantitative estimate of drug-likeness (QED) is 0.728. The fourth-order valence-electron chi connectivity index (χ4n) is 0.899. The summed E-state index contributed by atoms with van der Waals surface area (Å²) >= 11 is 0. The molecule has 0 bridgehead atoms. The molecule has 4 nitrogen and oxygen atoms in total. The maximum atomic E-state index is 11.2. The van der Waals surface area contributed by atoms with Gasteiger partial charge in [0.05, 0.1) is 4.90 Å². The van der Waals surface area contributed by atoms with Gasteiger partial charge in [-0.05, 0) is 24.6 Å². The average Bonchev–Trinajstić information content (AvgIpc) is 2.04. The summed E-state index contributed by atoms with van der Waals surface area (Å²) in [5, 5.41) is -1.32. The van der Waals surface area contributed by atoms with Gasteiger partial charge in [-0.1, -0.05) is 12.1 Å². The topological polar surface area (TPSA) is 77.2 Å². The first-order chi connectivity index (χ1) is 5.94. The Morgan fingerprint density at radius 1 is 1.38 bits per heavy atom. The highest BCUT2D eigenvalue weighted by atomic mass is 32.2. The molecule has 1 amide bonds. The van der Waals surface area contributed by atoms with Crippen molar-refractivity contribution in [1.82, 2.24) is 0 Å². The molecule has 70 valence electrons. The fourth-order valence-corrected chi connectivity index (χ4v) is 1.73. The Balaban J connectivity index is 3.32. The molecule has 0 saturated heterocycles. The lowest BCUT2D eigenvalue weighted by molar-refractivity contribution is 0.265. The van der Waals surface area contributed by atoms with Gasteiger partial charge in [0.25, 0.3) is 9.84 Å². The van der Waals surface area contributed by atoms with Crippen molar-refractivity contribution in [2.75, 3.05) is 0 Å². The van der Waals surface area contributed by atoms with E-state index in [2.05, 4.69) is 0 Å². The Bertz CT molecular complexity index is 436. The first-order valence-electron chi connectivity index (χ1n) is 3.56. The van der Waals surface area contributed by atoms with Gasteiger partial charge >= 0.3 is 5.24 Å². The van der Waals surface area contributed by atoms with Crippen molar-refractivity contribution in [3.63, 3.8) is 0 Å². The zero-order valence-corrected chi connectivity index (χ0v) is 7.84. The van der Waals surface area contributed by atoms with Crippen molar-refractivity contribution < 1.29 is 13.2 Å². The van der Waals surface area contributed by atoms with Gasteiger partial charge in [-0.15, -0.1) is 0 Å². The van der Waals surface area contributed by atoms with Gasteiger partial charge in [0.15, 0.2) is 0 Å². The third-order valence-electron chi connectivity index (χ3n) is 1.56. The minimum atomic E-state index is -3.96. The molecular formula is C8H9NO3S. The molecule has 0 aliphatic rings. The third kappa shape index (κ3) is 1.86. The number of primary amides is 1. The number of rotatable bonds is 1. The van der Waals surface area contributed by atoms with Crippen LogP contribution < -0.4 is 5.73 Å². The number of carbonyl (C=O) groups excluding carboxylic acids is 1. The van der Waals surface area contributed by atoms with Crippen molar-refractivity contribution in [3.8, 4) is 0 Å². The molecule has 0 fully saturated rings. The van der Waals surface area contributed by atoms with Crippen LogP contribution in [-0.2, 0) is 9.84 Å². The number of hydrogen-bond donors (Lipinski definition) is 1. The lowest BCUT2D eigenvalue weighted by Gasteiger charge is -1.99. The van der Waals surface area contributed by atoms with E-state index in [1.54, 1.807) is 19.1 Å². The van der Waals surface area contributed by atoms with E-state index in [0.717, 1.165) is 5.56 Å². The number of hydrogen-bond acceptors (Lipinski definition) is 3. The van der Waals surface area contributed by atoms with Gasteiger partial charge in [-0.3, -0.25) is 4.79 Å². The minimum absolute atomic E-state index is 0.0556. The van der Waals surface area contributed by atoms with Crippen LogP contribution in [-0.4, -0.2) is 13.7 Å². The second-order valence-electron chi connectivity index (χ2n) is 2.64. The third-order valence-corrected chi connectivity index (χ3v) is 2.97. The van der Waals surface area contributed by atoms with Gasteiger partial charge in [0.2, 0.25) is 0 Å². The van der Waals surface area contributed by atoms with E-state index < -0.39 is 15.1 Å². The number of nitrogens with two attached hydrogens (primary N) is 1. The van der Waals surface area contributed by atoms with Crippen LogP contribution in [0.5, 0.6) is 0 Å². The molecular weight excluding hydrogens is 190 g/mol. The summed E-state index contributed by atoms with van der Waals surface area (Å²) in [6.07, 6.45) is 0. The summed E-state index contributed by atoms with van der Waals surface area (Å²) in [4.78, 5) is 10.5. The van der Waals surface area contributed by atoms with Gasteiger partial charge in [-0.25, -0.2) is 8.42 Å². The predicted octanol–water partition coefficient (Wildman–Crippen LogP) is 0.847. The standard InChI is InChI=1S/C8H9NO3S/c1-6-3-2-4-7(5-6)13(11,12)8(9)10/h2-5H,1H3,(H2,9,10). The summed E-state index contributed by atoms with van der Waals surface area (Å²) in [5.41, 5.74) is 5.49. The van der Waals surface area contributed by atoms with Gasteiger partial charge in [0, 0.05) is 0 Å². The van der Waals surface area contributed by atoms with Crippen molar-refractivity contribution in [2.24, 2.45) is 5.73 Å². The van der Waals surface area contributed by atoms with E-state index in [1.807, 2.05) is 0 Å². The molecule has 1 aromatic rings. The number of carbonyl (C=O) groups is 1. The van der Waals surface area contributed by atoms with Crippen LogP contribution in [0.3, 0.4) is 0 Å². The highest BCUT2D eigenvalue weighted by Gasteiger charge is 2.20. The largest absolute Gasteiger partial charge is 0.356 e. The lowest BCUT2D eigenvalue weighted by Crippen LogP contribution is -2.21. The molecule has 13 heavy (non-hydrogen) atoms. The van der Waals surface area contributed by atoms with E-state index in [4.69, 9.17) is 5.73 Å². The highest BCUT2D eigenvalue weighted by Crippen LogP contribution is 2.12. The highest BCUT2D eigenvalue weighted by molar-refractivity contribution is 8.06. The summed E-state index contributed by atoms with van der Waals surface area (Å²) in [7, 11) is -3.96. The molecule has 1 aromatic carbocycles. The van der Waals surface area contributed by atoms with Crippen molar-refractivity contribution in [3.05, 3.63) is 29.8 Å². The SMILES string of the molecule is Cc1cccc(S(=O)(=O)C(N)=O)c1. The zero-order valence-electron chi connectivity index (χ0n) is 7.02. The molecule has 0 aliphatic carbocycles. The van der Waals surface area contributed by atoms with Gasteiger partial charge in [-0.2, -0.15) is 0 Å². The Morgan fingerprint density at radius 2 is 2.00 bits per heavy atom. The normalized spacial score (nSPS) is 11.2. The lowest BCUT2D eigenvalue weighted by atomic mass is 10.2. The summed E-state index contributed by atoms with van der Waals surface area (Å²) in [6, 6.07) is 6.04. The molecule has 0 aromatic heterocycles. The fraction of sp³-hybridized carbons (Fsp3) is 0.125. The van der Waals surface area contributed by atoms with Crippen LogP contribution in [0, 0.1) is 6.92 Å². The number of aryl methyl sites for hydroxylation is 1. The summed E-state index contributed by atoms with van der Waals surface area (Å²) in [5.74, 6) is 0. The zero-order chi connectivity index (χ0) is 10.1. The van der Waals surface area contributed by atoms with E-state index in [1.165, 1.54) is 12.1 Å². The van der Waals surface area contributed by atoms with Crippen LogP contribution in [0.2, 0.25) is 0 Å². The maximum Gasteiger partial charge on any atom is 0.338 e. The van der Waals surface area contributed by atoms with Crippen molar-refractivity contribution in [2.45, 2.75) is 11.8 Å². The number of benzene rings is 1. The Morgan fingerprint density at radius 3 is 2.46 bits per heavy atom. The Kier molecular flexibility index (Phi) is 2.38. The Labute approximate surface area is 76.3 Å². The monoisotopic (exact) mass is 199 g/mol. The summed E-state index contributed by atoms with van der Waals surface area (Å²) in [6.45, 7) is 1.74. The van der Waals surface area contributed by atoms with Gasteiger partial charge in [0.1, 0.15) is 0 Å². The predicted molar refractivity (Wildman–Crippen MR) is 47.9 cm³/mol. The molecule has 0 radical (unpaired) electrons. The maximum absolute atomic E-state index is 11.2. The molecule has 0 atom stereocenters. The second-order valence-corrected chi connectivity index (χ2v) is 4.52. The first-order valence-corrected chi connectivity index (χ1v) is 5.04. The molecule has 0 aliphatic heterocycles. The van der Waals surface area contributed by atoms with E-state index in [-0.39, 0.29) is 4.90 Å². The van der Waals surface area contributed by atoms with Crippen LogP contribution in [0.4, 0.5) is 4.79 Å². The van der Waals surface area contributed by atoms with Crippen LogP contribution >= 0.6 is 0 Å². The molecule has 5 heteroatoms. The molecule has 0 unspecified atom stereocenters. The summed E-state index contributed by atoms with van der Waals surface area (Å²) < 4.78 is 22.4. The van der Waals surface area contributed by atoms with Crippen LogP contribution in [0.15, 0.2) is 29.2 Å². The molecule has 1 rings (SSSR count). The van der Waals surface area contributed by atoms with E-state index in [0.29, 0.717) is 0 Å². The number of amides is 1. The number of sulfone groups is 1. The minimum Gasteiger partial charge on any atom is -0.356 e. The molecule has 0 heterocycles. The molecule has 0 spiro atoms. The van der Waals surface area contributed by atoms with Crippen molar-refractivity contribution in [1.29, 1.82) is 0 Å². The molecule has 0 saturated carbocycles. The van der Waals surface area contributed by atoms with Crippen LogP contribution in [0.25, 0.3) is 0 Å². The molecule has 2 N–H and O–H groups in total. The van der Waals surface area contributed by atoms with Crippen LogP contribution in [0.1, 0.15) is 5.56 Å². The first kappa shape index (κ1) is 9.73.